The van der Waals surface area contributed by atoms with Gasteiger partial charge in [-0.15, -0.1) is 0 Å². The molecule has 40 heavy (non-hydrogen) atoms. The fourth-order valence-corrected chi connectivity index (χ4v) is 2.55. The summed E-state index contributed by atoms with van der Waals surface area (Å²) < 4.78 is 36.8. The zero-order valence-electron chi connectivity index (χ0n) is 23.2. The van der Waals surface area contributed by atoms with Crippen LogP contribution >= 0.6 is 0 Å². The smallest absolute Gasteiger partial charge is 0.347 e. The molecule has 0 saturated carbocycles. The molecule has 4 heterocycles. The van der Waals surface area contributed by atoms with Crippen molar-refractivity contribution in [3.63, 3.8) is 0 Å². The van der Waals surface area contributed by atoms with Crippen molar-refractivity contribution in [1.82, 2.24) is 0 Å². The molecular formula is C24H32O16. The lowest BCUT2D eigenvalue weighted by molar-refractivity contribution is -0.191. The van der Waals surface area contributed by atoms with Crippen LogP contribution in [0.3, 0.4) is 0 Å². The van der Waals surface area contributed by atoms with Gasteiger partial charge in [0, 0.05) is 0 Å². The quantitative estimate of drug-likeness (QED) is 0.261. The molecule has 8 atom stereocenters. The molecule has 4 aliphatic heterocycles. The third kappa shape index (κ3) is 10.1. The molecule has 4 aliphatic rings. The van der Waals surface area contributed by atoms with Crippen LogP contribution in [0.15, 0.2) is 0 Å². The second-order valence-electron chi connectivity index (χ2n) is 8.63. The predicted molar refractivity (Wildman–Crippen MR) is 124 cm³/mol. The highest BCUT2D eigenvalue weighted by atomic mass is 16.7. The first kappa shape index (κ1) is 33.8. The third-order valence-electron chi connectivity index (χ3n) is 5.00. The first-order chi connectivity index (χ1) is 18.4. The van der Waals surface area contributed by atoms with Gasteiger partial charge >= 0.3 is 47.8 Å². The maximum atomic E-state index is 10.7. The minimum Gasteiger partial charge on any atom is -0.448 e. The molecule has 4 rings (SSSR count). The van der Waals surface area contributed by atoms with Crippen LogP contribution in [0.5, 0.6) is 0 Å². The summed E-state index contributed by atoms with van der Waals surface area (Å²) in [6, 6.07) is 0. The number of ether oxygens (including phenoxy) is 8. The number of cyclic esters (lactones) is 8. The van der Waals surface area contributed by atoms with Crippen LogP contribution in [-0.4, -0.2) is 96.6 Å². The van der Waals surface area contributed by atoms with Crippen molar-refractivity contribution >= 4 is 47.8 Å². The zero-order valence-corrected chi connectivity index (χ0v) is 23.2. The van der Waals surface area contributed by atoms with E-state index in [2.05, 4.69) is 37.9 Å². The summed E-state index contributed by atoms with van der Waals surface area (Å²) in [4.78, 5) is 85.2. The molecule has 4 unspecified atom stereocenters. The van der Waals surface area contributed by atoms with E-state index < -0.39 is 96.6 Å². The van der Waals surface area contributed by atoms with Gasteiger partial charge in [-0.2, -0.15) is 0 Å². The van der Waals surface area contributed by atoms with Crippen LogP contribution in [0, 0.1) is 0 Å². The Labute approximate surface area is 228 Å². The first-order valence-electron chi connectivity index (χ1n) is 12.1. The Hall–Kier alpha value is -4.24. The Kier molecular flexibility index (Phi) is 12.5. The molecule has 4 saturated heterocycles. The standard InChI is InChI=1S/4C6H8O4/c4*1-3-5(7)10-4(2)6(8)9-3/h4*3-4H,1-2H3/t2*3-,4+;;. The highest BCUT2D eigenvalue weighted by Gasteiger charge is 2.34. The maximum absolute atomic E-state index is 10.7. The normalized spacial score (nSPS) is 33.0. The highest BCUT2D eigenvalue weighted by molar-refractivity contribution is 5.88. The van der Waals surface area contributed by atoms with Crippen molar-refractivity contribution in [2.75, 3.05) is 0 Å². The molecule has 224 valence electrons. The summed E-state index contributed by atoms with van der Waals surface area (Å²) in [7, 11) is 0. The summed E-state index contributed by atoms with van der Waals surface area (Å²) >= 11 is 0. The lowest BCUT2D eigenvalue weighted by Crippen LogP contribution is -2.40. The summed E-state index contributed by atoms with van der Waals surface area (Å²) in [5.74, 6) is -3.84. The van der Waals surface area contributed by atoms with E-state index in [-0.39, 0.29) is 0 Å². The Morgan fingerprint density at radius 2 is 0.325 bits per heavy atom. The Balaban J connectivity index is 0.000000267. The van der Waals surface area contributed by atoms with Crippen LogP contribution in [0.4, 0.5) is 0 Å². The SMILES string of the molecule is CC1OC(=O)C(C)OC1=O.CC1OC(=O)C(C)OC1=O.C[C@@H]1OC(=O)[C@@H](C)OC1=O.C[C@@H]1OC(=O)[C@@H](C)OC1=O. The van der Waals surface area contributed by atoms with Crippen LogP contribution in [0.1, 0.15) is 55.4 Å². The lowest BCUT2D eigenvalue weighted by Gasteiger charge is -2.22. The van der Waals surface area contributed by atoms with Crippen molar-refractivity contribution in [1.29, 1.82) is 0 Å². The molecule has 0 spiro atoms. The van der Waals surface area contributed by atoms with E-state index in [1.54, 1.807) is 0 Å². The van der Waals surface area contributed by atoms with Gasteiger partial charge in [-0.3, -0.25) is 0 Å². The second-order valence-corrected chi connectivity index (χ2v) is 8.63. The summed E-state index contributed by atoms with van der Waals surface area (Å²) in [6.07, 6.45) is -5.97. The molecule has 4 fully saturated rings. The zero-order chi connectivity index (χ0) is 30.9. The van der Waals surface area contributed by atoms with Gasteiger partial charge in [-0.05, 0) is 55.4 Å². The average Bonchev–Trinajstić information content (AvgIpc) is 2.85. The predicted octanol–water partition coefficient (Wildman–Crippen LogP) is -0.546. The van der Waals surface area contributed by atoms with E-state index in [0.29, 0.717) is 0 Å². The van der Waals surface area contributed by atoms with Gasteiger partial charge in [0.2, 0.25) is 0 Å². The van der Waals surface area contributed by atoms with Gasteiger partial charge in [0.05, 0.1) is 0 Å². The van der Waals surface area contributed by atoms with Crippen molar-refractivity contribution in [3.05, 3.63) is 0 Å². The largest absolute Gasteiger partial charge is 0.448 e. The van der Waals surface area contributed by atoms with Crippen molar-refractivity contribution in [3.8, 4) is 0 Å². The molecule has 0 radical (unpaired) electrons. The molecule has 0 bridgehead atoms. The number of rotatable bonds is 0. The number of carbonyl (C=O) groups is 8. The number of hydrogen-bond donors (Lipinski definition) is 0. The van der Waals surface area contributed by atoms with Crippen molar-refractivity contribution in [2.45, 2.75) is 104 Å². The second kappa shape index (κ2) is 14.8. The van der Waals surface area contributed by atoms with Gasteiger partial charge in [-0.25, -0.2) is 38.4 Å². The van der Waals surface area contributed by atoms with E-state index >= 15 is 0 Å². The minimum atomic E-state index is -0.747. The van der Waals surface area contributed by atoms with Crippen molar-refractivity contribution < 1.29 is 76.3 Å². The Bertz CT molecular complexity index is 778. The van der Waals surface area contributed by atoms with E-state index in [1.165, 1.54) is 55.4 Å². The molecular weight excluding hydrogens is 544 g/mol. The van der Waals surface area contributed by atoms with Gasteiger partial charge in [0.1, 0.15) is 0 Å². The van der Waals surface area contributed by atoms with Crippen LogP contribution in [-0.2, 0) is 76.3 Å². The average molecular weight is 577 g/mol. The van der Waals surface area contributed by atoms with Gasteiger partial charge in [0.25, 0.3) is 0 Å². The molecule has 16 heteroatoms. The minimum absolute atomic E-state index is 0.480. The molecule has 0 aliphatic carbocycles. The summed E-state index contributed by atoms with van der Waals surface area (Å²) in [6.45, 7) is 11.8. The van der Waals surface area contributed by atoms with Crippen LogP contribution in [0.2, 0.25) is 0 Å². The molecule has 0 aromatic carbocycles. The van der Waals surface area contributed by atoms with E-state index in [1.807, 2.05) is 0 Å². The fraction of sp³-hybridized carbons (Fsp3) is 0.667. The molecule has 0 aromatic heterocycles. The van der Waals surface area contributed by atoms with Gasteiger partial charge in [-0.1, -0.05) is 0 Å². The van der Waals surface area contributed by atoms with Crippen molar-refractivity contribution in [2.24, 2.45) is 0 Å². The van der Waals surface area contributed by atoms with Gasteiger partial charge in [0.15, 0.2) is 48.8 Å². The maximum Gasteiger partial charge on any atom is 0.347 e. The molecule has 0 amide bonds. The monoisotopic (exact) mass is 576 g/mol. The number of hydrogen-bond acceptors (Lipinski definition) is 16. The van der Waals surface area contributed by atoms with Gasteiger partial charge < -0.3 is 37.9 Å². The third-order valence-corrected chi connectivity index (χ3v) is 5.00. The molecule has 0 aromatic rings. The van der Waals surface area contributed by atoms with E-state index in [9.17, 15) is 38.4 Å². The summed E-state index contributed by atoms with van der Waals surface area (Å²) in [5.41, 5.74) is 0. The number of carbonyl (C=O) groups excluding carboxylic acids is 8. The Morgan fingerprint density at radius 1 is 0.250 bits per heavy atom. The Morgan fingerprint density at radius 3 is 0.400 bits per heavy atom. The van der Waals surface area contributed by atoms with Crippen LogP contribution < -0.4 is 0 Å². The van der Waals surface area contributed by atoms with E-state index in [4.69, 9.17) is 0 Å². The van der Waals surface area contributed by atoms with Crippen LogP contribution in [0.25, 0.3) is 0 Å². The molecule has 0 N–H and O–H groups in total. The number of esters is 8. The molecule has 16 nitrogen and oxygen atoms in total. The topological polar surface area (TPSA) is 210 Å². The first-order valence-corrected chi connectivity index (χ1v) is 12.1. The highest BCUT2D eigenvalue weighted by Crippen LogP contribution is 2.11. The summed E-state index contributed by atoms with van der Waals surface area (Å²) in [5, 5.41) is 0. The lowest BCUT2D eigenvalue weighted by atomic mass is 10.3. The van der Waals surface area contributed by atoms with E-state index in [0.717, 1.165) is 0 Å². The fourth-order valence-electron chi connectivity index (χ4n) is 2.55.